The number of rotatable bonds is 7. The number of aliphatic hydroxyl groups excluding tert-OH is 1. The Bertz CT molecular complexity index is 115. The van der Waals surface area contributed by atoms with E-state index in [1.807, 2.05) is 0 Å². The zero-order chi connectivity index (χ0) is 10.3. The van der Waals surface area contributed by atoms with Crippen LogP contribution in [0.15, 0.2) is 0 Å². The highest BCUT2D eigenvalue weighted by Gasteiger charge is 2.09. The van der Waals surface area contributed by atoms with Gasteiger partial charge >= 0.3 is 0 Å². The van der Waals surface area contributed by atoms with Gasteiger partial charge in [0.05, 0.1) is 6.61 Å². The van der Waals surface area contributed by atoms with E-state index >= 15 is 0 Å². The molecular weight excluding hydrogens is 162 g/mol. The van der Waals surface area contributed by atoms with Crippen molar-refractivity contribution in [3.63, 3.8) is 0 Å². The topological polar surface area (TPSA) is 32.3 Å². The lowest BCUT2D eigenvalue weighted by molar-refractivity contribution is 0.219. The molecule has 2 nitrogen and oxygen atoms in total. The van der Waals surface area contributed by atoms with Gasteiger partial charge in [-0.25, -0.2) is 0 Å². The Morgan fingerprint density at radius 3 is 2.23 bits per heavy atom. The van der Waals surface area contributed by atoms with Crippen molar-refractivity contribution >= 4 is 0 Å². The first-order valence-electron chi connectivity index (χ1n) is 5.44. The molecule has 0 aromatic carbocycles. The summed E-state index contributed by atoms with van der Waals surface area (Å²) in [7, 11) is 0. The Balaban J connectivity index is 3.59. The molecule has 0 unspecified atom stereocenters. The van der Waals surface area contributed by atoms with E-state index < -0.39 is 0 Å². The number of hydrogen-bond acceptors (Lipinski definition) is 2. The van der Waals surface area contributed by atoms with Crippen molar-refractivity contribution in [3.05, 3.63) is 0 Å². The molecule has 0 aromatic rings. The summed E-state index contributed by atoms with van der Waals surface area (Å²) >= 11 is 0. The Morgan fingerprint density at radius 1 is 1.23 bits per heavy atom. The minimum Gasteiger partial charge on any atom is -0.395 e. The Hall–Kier alpha value is -0.0800. The highest BCUT2D eigenvalue weighted by atomic mass is 16.3. The molecule has 80 valence electrons. The fraction of sp³-hybridized carbons (Fsp3) is 1.00. The van der Waals surface area contributed by atoms with Gasteiger partial charge in [0, 0.05) is 6.04 Å². The molecule has 0 aliphatic rings. The van der Waals surface area contributed by atoms with Gasteiger partial charge in [0.1, 0.15) is 0 Å². The quantitative estimate of drug-likeness (QED) is 0.639. The van der Waals surface area contributed by atoms with E-state index in [4.69, 9.17) is 5.11 Å². The van der Waals surface area contributed by atoms with Crippen LogP contribution in [0.5, 0.6) is 0 Å². The summed E-state index contributed by atoms with van der Waals surface area (Å²) in [5.41, 5.74) is 0. The van der Waals surface area contributed by atoms with Crippen LogP contribution in [-0.2, 0) is 0 Å². The van der Waals surface area contributed by atoms with E-state index in [0.29, 0.717) is 11.8 Å². The van der Waals surface area contributed by atoms with Gasteiger partial charge in [0.15, 0.2) is 0 Å². The van der Waals surface area contributed by atoms with Gasteiger partial charge in [-0.2, -0.15) is 0 Å². The van der Waals surface area contributed by atoms with Crippen LogP contribution in [0.2, 0.25) is 0 Å². The van der Waals surface area contributed by atoms with E-state index in [1.54, 1.807) is 0 Å². The third kappa shape index (κ3) is 7.03. The monoisotopic (exact) mass is 187 g/mol. The molecule has 0 saturated carbocycles. The van der Waals surface area contributed by atoms with Gasteiger partial charge in [-0.05, 0) is 24.8 Å². The fourth-order valence-corrected chi connectivity index (χ4v) is 1.30. The molecule has 0 rings (SSSR count). The van der Waals surface area contributed by atoms with Crippen LogP contribution >= 0.6 is 0 Å². The second-order valence-electron chi connectivity index (χ2n) is 4.43. The minimum absolute atomic E-state index is 0.259. The molecule has 0 saturated heterocycles. The van der Waals surface area contributed by atoms with E-state index in [9.17, 15) is 0 Å². The van der Waals surface area contributed by atoms with E-state index in [0.717, 1.165) is 13.0 Å². The molecule has 2 atom stereocenters. The zero-order valence-electron chi connectivity index (χ0n) is 9.51. The molecule has 2 N–H and O–H groups in total. The van der Waals surface area contributed by atoms with Gasteiger partial charge in [0.2, 0.25) is 0 Å². The summed E-state index contributed by atoms with van der Waals surface area (Å²) in [4.78, 5) is 0. The third-order valence-electron chi connectivity index (χ3n) is 2.43. The third-order valence-corrected chi connectivity index (χ3v) is 2.43. The van der Waals surface area contributed by atoms with Crippen molar-refractivity contribution in [2.24, 2.45) is 11.8 Å². The lowest BCUT2D eigenvalue weighted by Gasteiger charge is -2.20. The number of hydrogen-bond donors (Lipinski definition) is 2. The normalized spacial score (nSPS) is 16.2. The van der Waals surface area contributed by atoms with Crippen LogP contribution < -0.4 is 5.32 Å². The van der Waals surface area contributed by atoms with Crippen LogP contribution in [-0.4, -0.2) is 24.3 Å². The molecule has 0 amide bonds. The summed E-state index contributed by atoms with van der Waals surface area (Å²) in [5.74, 6) is 1.36. The largest absolute Gasteiger partial charge is 0.395 e. The Morgan fingerprint density at radius 2 is 1.85 bits per heavy atom. The standard InChI is InChI=1S/C11H25NO/c1-5-10(4)7-12-11(8-13)6-9(2)3/h9-13H,5-8H2,1-4H3/t10-,11-/m1/s1. The van der Waals surface area contributed by atoms with Crippen molar-refractivity contribution in [2.75, 3.05) is 13.2 Å². The summed E-state index contributed by atoms with van der Waals surface area (Å²) in [6.07, 6.45) is 2.26. The van der Waals surface area contributed by atoms with E-state index in [-0.39, 0.29) is 12.6 Å². The van der Waals surface area contributed by atoms with Crippen molar-refractivity contribution in [1.29, 1.82) is 0 Å². The second kappa shape index (κ2) is 7.34. The Kier molecular flexibility index (Phi) is 7.29. The molecule has 0 radical (unpaired) electrons. The van der Waals surface area contributed by atoms with Crippen LogP contribution in [0.4, 0.5) is 0 Å². The maximum Gasteiger partial charge on any atom is 0.0584 e. The first-order chi connectivity index (χ1) is 6.10. The highest BCUT2D eigenvalue weighted by molar-refractivity contribution is 4.68. The predicted octanol–water partition coefficient (Wildman–Crippen LogP) is 2.03. The SMILES string of the molecule is CC[C@@H](C)CN[C@@H](CO)CC(C)C. The second-order valence-corrected chi connectivity index (χ2v) is 4.43. The fourth-order valence-electron chi connectivity index (χ4n) is 1.30. The van der Waals surface area contributed by atoms with E-state index in [2.05, 4.69) is 33.0 Å². The van der Waals surface area contributed by atoms with Crippen molar-refractivity contribution in [1.82, 2.24) is 5.32 Å². The molecular formula is C11H25NO. The average Bonchev–Trinajstić information content (AvgIpc) is 2.10. The lowest BCUT2D eigenvalue weighted by atomic mass is 10.0. The zero-order valence-corrected chi connectivity index (χ0v) is 9.51. The van der Waals surface area contributed by atoms with Crippen molar-refractivity contribution in [2.45, 2.75) is 46.6 Å². The molecule has 0 aliphatic carbocycles. The first kappa shape index (κ1) is 12.9. The van der Waals surface area contributed by atoms with Gasteiger partial charge in [-0.1, -0.05) is 34.1 Å². The maximum absolute atomic E-state index is 9.10. The van der Waals surface area contributed by atoms with Crippen LogP contribution in [0, 0.1) is 11.8 Å². The number of aliphatic hydroxyl groups is 1. The molecule has 0 aromatic heterocycles. The van der Waals surface area contributed by atoms with Crippen molar-refractivity contribution < 1.29 is 5.11 Å². The summed E-state index contributed by atoms with van der Waals surface area (Å²) in [5, 5.41) is 12.5. The smallest absolute Gasteiger partial charge is 0.0584 e. The predicted molar refractivity (Wildman–Crippen MR) is 57.8 cm³/mol. The van der Waals surface area contributed by atoms with Gasteiger partial charge in [0.25, 0.3) is 0 Å². The number of nitrogens with one attached hydrogen (secondary N) is 1. The lowest BCUT2D eigenvalue weighted by Crippen LogP contribution is -2.36. The molecule has 0 heterocycles. The maximum atomic E-state index is 9.10. The van der Waals surface area contributed by atoms with Crippen LogP contribution in [0.3, 0.4) is 0 Å². The van der Waals surface area contributed by atoms with Crippen LogP contribution in [0.25, 0.3) is 0 Å². The summed E-state index contributed by atoms with van der Waals surface area (Å²) in [6, 6.07) is 0.286. The first-order valence-corrected chi connectivity index (χ1v) is 5.44. The average molecular weight is 187 g/mol. The van der Waals surface area contributed by atoms with Gasteiger partial charge < -0.3 is 10.4 Å². The molecule has 0 fully saturated rings. The molecule has 13 heavy (non-hydrogen) atoms. The summed E-state index contributed by atoms with van der Waals surface area (Å²) in [6.45, 7) is 10.1. The molecule has 0 aliphatic heterocycles. The molecule has 0 bridgehead atoms. The van der Waals surface area contributed by atoms with Gasteiger partial charge in [-0.15, -0.1) is 0 Å². The molecule has 0 spiro atoms. The highest BCUT2D eigenvalue weighted by Crippen LogP contribution is 2.05. The van der Waals surface area contributed by atoms with Crippen LogP contribution in [0.1, 0.15) is 40.5 Å². The van der Waals surface area contributed by atoms with E-state index in [1.165, 1.54) is 6.42 Å². The summed E-state index contributed by atoms with van der Waals surface area (Å²) < 4.78 is 0. The Labute approximate surface area is 82.7 Å². The van der Waals surface area contributed by atoms with Crippen molar-refractivity contribution in [3.8, 4) is 0 Å². The van der Waals surface area contributed by atoms with Gasteiger partial charge in [-0.3, -0.25) is 0 Å². The molecule has 2 heteroatoms. The minimum atomic E-state index is 0.259.